The molecule has 0 saturated carbocycles. The average Bonchev–Trinajstić information content (AvgIpc) is 2.89. The molecular formula is C18H17Cl2N3O2. The van der Waals surface area contributed by atoms with Gasteiger partial charge in [0.15, 0.2) is 0 Å². The zero-order valence-electron chi connectivity index (χ0n) is 13.4. The van der Waals surface area contributed by atoms with Gasteiger partial charge < -0.3 is 4.74 Å². The summed E-state index contributed by atoms with van der Waals surface area (Å²) in [6, 6.07) is 12.7. The predicted molar refractivity (Wildman–Crippen MR) is 98.1 cm³/mol. The second-order valence-electron chi connectivity index (χ2n) is 5.65. The molecule has 1 amide bonds. The van der Waals surface area contributed by atoms with Gasteiger partial charge >= 0.3 is 0 Å². The number of nitrogens with zero attached hydrogens (tertiary/aromatic N) is 1. The van der Waals surface area contributed by atoms with Crippen molar-refractivity contribution < 1.29 is 9.53 Å². The van der Waals surface area contributed by atoms with E-state index < -0.39 is 0 Å². The lowest BCUT2D eigenvalue weighted by atomic mass is 10.1. The van der Waals surface area contributed by atoms with Crippen molar-refractivity contribution in [3.05, 3.63) is 63.6 Å². The standard InChI is InChI=1S/C18H17Cl2N3O2/c19-13-7-8-16(15(20)10-13)25-9-3-6-17(24)22-23-11-12-4-1-2-5-14(12)18(23)21/h1-2,4-5,7-8,10,21H,3,6,9,11H2,(H,22,24). The highest BCUT2D eigenvalue weighted by molar-refractivity contribution is 6.35. The minimum atomic E-state index is -0.150. The number of hydrogen-bond acceptors (Lipinski definition) is 3. The summed E-state index contributed by atoms with van der Waals surface area (Å²) in [6.07, 6.45) is 0.838. The van der Waals surface area contributed by atoms with Gasteiger partial charge in [-0.25, -0.2) is 0 Å². The molecule has 0 fully saturated rings. The molecule has 7 heteroatoms. The topological polar surface area (TPSA) is 65.4 Å². The molecule has 2 N–H and O–H groups in total. The molecule has 1 aliphatic rings. The predicted octanol–water partition coefficient (Wildman–Crippen LogP) is 4.02. The van der Waals surface area contributed by atoms with Crippen LogP contribution in [0, 0.1) is 5.41 Å². The van der Waals surface area contributed by atoms with Crippen LogP contribution in [-0.4, -0.2) is 23.4 Å². The fourth-order valence-corrected chi connectivity index (χ4v) is 3.06. The van der Waals surface area contributed by atoms with E-state index in [0.29, 0.717) is 47.6 Å². The monoisotopic (exact) mass is 377 g/mol. The van der Waals surface area contributed by atoms with E-state index in [1.54, 1.807) is 23.2 Å². The Labute approximate surface area is 156 Å². The maximum absolute atomic E-state index is 12.1. The van der Waals surface area contributed by atoms with Gasteiger partial charge in [0.25, 0.3) is 0 Å². The van der Waals surface area contributed by atoms with Gasteiger partial charge in [-0.05, 0) is 30.2 Å². The maximum Gasteiger partial charge on any atom is 0.238 e. The number of nitrogens with one attached hydrogen (secondary N) is 2. The van der Waals surface area contributed by atoms with Crippen molar-refractivity contribution in [1.82, 2.24) is 10.4 Å². The molecule has 0 aromatic heterocycles. The molecule has 0 saturated heterocycles. The number of benzene rings is 2. The number of hydrazine groups is 1. The van der Waals surface area contributed by atoms with Crippen molar-refractivity contribution in [3.63, 3.8) is 0 Å². The zero-order valence-corrected chi connectivity index (χ0v) is 14.9. The molecule has 0 atom stereocenters. The van der Waals surface area contributed by atoms with Crippen LogP contribution in [0.4, 0.5) is 0 Å². The molecule has 5 nitrogen and oxygen atoms in total. The first-order chi connectivity index (χ1) is 12.0. The summed E-state index contributed by atoms with van der Waals surface area (Å²) in [5, 5.41) is 10.7. The van der Waals surface area contributed by atoms with E-state index in [2.05, 4.69) is 5.43 Å². The van der Waals surface area contributed by atoms with Crippen LogP contribution in [0.2, 0.25) is 10.0 Å². The number of halogens is 2. The highest BCUT2D eigenvalue weighted by Crippen LogP contribution is 2.27. The Morgan fingerprint density at radius 3 is 2.80 bits per heavy atom. The largest absolute Gasteiger partial charge is 0.492 e. The first kappa shape index (κ1) is 17.6. The minimum absolute atomic E-state index is 0.150. The maximum atomic E-state index is 12.1. The fraction of sp³-hybridized carbons (Fsp3) is 0.222. The van der Waals surface area contributed by atoms with E-state index in [-0.39, 0.29) is 5.91 Å². The minimum Gasteiger partial charge on any atom is -0.492 e. The van der Waals surface area contributed by atoms with Crippen LogP contribution in [0.1, 0.15) is 24.0 Å². The molecule has 0 unspecified atom stereocenters. The van der Waals surface area contributed by atoms with Crippen LogP contribution in [0.25, 0.3) is 0 Å². The average molecular weight is 378 g/mol. The molecule has 130 valence electrons. The molecular weight excluding hydrogens is 361 g/mol. The second-order valence-corrected chi connectivity index (χ2v) is 6.50. The Hall–Kier alpha value is -2.24. The molecule has 25 heavy (non-hydrogen) atoms. The summed E-state index contributed by atoms with van der Waals surface area (Å²) in [4.78, 5) is 12.1. The van der Waals surface area contributed by atoms with Gasteiger partial charge in [-0.1, -0.05) is 47.5 Å². The van der Waals surface area contributed by atoms with Crippen molar-refractivity contribution in [2.45, 2.75) is 19.4 Å². The van der Waals surface area contributed by atoms with Crippen molar-refractivity contribution in [2.24, 2.45) is 0 Å². The number of amidine groups is 1. The van der Waals surface area contributed by atoms with E-state index in [1.807, 2.05) is 24.3 Å². The van der Waals surface area contributed by atoms with E-state index in [9.17, 15) is 4.79 Å². The molecule has 0 bridgehead atoms. The number of hydrogen-bond donors (Lipinski definition) is 2. The Bertz CT molecular complexity index is 811. The van der Waals surface area contributed by atoms with Crippen molar-refractivity contribution in [2.75, 3.05) is 6.61 Å². The van der Waals surface area contributed by atoms with E-state index >= 15 is 0 Å². The van der Waals surface area contributed by atoms with Crippen LogP contribution in [0.3, 0.4) is 0 Å². The van der Waals surface area contributed by atoms with Crippen molar-refractivity contribution in [1.29, 1.82) is 5.41 Å². The van der Waals surface area contributed by atoms with Gasteiger partial charge in [-0.15, -0.1) is 0 Å². The SMILES string of the molecule is N=C1c2ccccc2CN1NC(=O)CCCOc1ccc(Cl)cc1Cl. The van der Waals surface area contributed by atoms with Crippen LogP contribution in [0.15, 0.2) is 42.5 Å². The number of carbonyl (C=O) groups is 1. The lowest BCUT2D eigenvalue weighted by molar-refractivity contribution is -0.124. The Balaban J connectivity index is 1.43. The van der Waals surface area contributed by atoms with Crippen molar-refractivity contribution >= 4 is 34.9 Å². The quantitative estimate of drug-likeness (QED) is 0.746. The summed E-state index contributed by atoms with van der Waals surface area (Å²) >= 11 is 11.9. The van der Waals surface area contributed by atoms with Crippen LogP contribution >= 0.6 is 23.2 Å². The highest BCUT2D eigenvalue weighted by Gasteiger charge is 2.24. The van der Waals surface area contributed by atoms with Crippen LogP contribution in [-0.2, 0) is 11.3 Å². The third-order valence-corrected chi connectivity index (χ3v) is 4.36. The molecule has 1 heterocycles. The Kier molecular flexibility index (Phi) is 5.46. The summed E-state index contributed by atoms with van der Waals surface area (Å²) in [5.74, 6) is 0.708. The summed E-state index contributed by atoms with van der Waals surface area (Å²) in [7, 11) is 0. The molecule has 0 aliphatic carbocycles. The van der Waals surface area contributed by atoms with Crippen molar-refractivity contribution in [3.8, 4) is 5.75 Å². The highest BCUT2D eigenvalue weighted by atomic mass is 35.5. The lowest BCUT2D eigenvalue weighted by Crippen LogP contribution is -2.42. The fourth-order valence-electron chi connectivity index (χ4n) is 2.59. The number of carbonyl (C=O) groups excluding carboxylic acids is 1. The van der Waals surface area contributed by atoms with Gasteiger partial charge in [-0.2, -0.15) is 0 Å². The number of ether oxygens (including phenoxy) is 1. The summed E-state index contributed by atoms with van der Waals surface area (Å²) in [5.41, 5.74) is 4.65. The van der Waals surface area contributed by atoms with Gasteiger partial charge in [-0.3, -0.25) is 20.6 Å². The van der Waals surface area contributed by atoms with E-state index in [4.69, 9.17) is 33.3 Å². The lowest BCUT2D eigenvalue weighted by Gasteiger charge is -2.19. The molecule has 2 aromatic carbocycles. The van der Waals surface area contributed by atoms with Gasteiger partial charge in [0.2, 0.25) is 5.91 Å². The number of rotatable bonds is 6. The molecule has 2 aromatic rings. The Morgan fingerprint density at radius 1 is 1.24 bits per heavy atom. The van der Waals surface area contributed by atoms with Crippen LogP contribution < -0.4 is 10.2 Å². The summed E-state index contributed by atoms with van der Waals surface area (Å²) < 4.78 is 5.56. The number of amides is 1. The molecule has 0 radical (unpaired) electrons. The third-order valence-electron chi connectivity index (χ3n) is 3.83. The first-order valence-corrected chi connectivity index (χ1v) is 8.62. The zero-order chi connectivity index (χ0) is 17.8. The third kappa shape index (κ3) is 4.24. The molecule has 3 rings (SSSR count). The molecule has 0 spiro atoms. The van der Waals surface area contributed by atoms with E-state index in [1.165, 1.54) is 0 Å². The smallest absolute Gasteiger partial charge is 0.238 e. The molecule has 1 aliphatic heterocycles. The normalized spacial score (nSPS) is 12.9. The first-order valence-electron chi connectivity index (χ1n) is 7.86. The Morgan fingerprint density at radius 2 is 2.04 bits per heavy atom. The van der Waals surface area contributed by atoms with Gasteiger partial charge in [0.1, 0.15) is 11.6 Å². The van der Waals surface area contributed by atoms with E-state index in [0.717, 1.165) is 11.1 Å². The van der Waals surface area contributed by atoms with Gasteiger partial charge in [0.05, 0.1) is 18.2 Å². The van der Waals surface area contributed by atoms with Crippen LogP contribution in [0.5, 0.6) is 5.75 Å². The van der Waals surface area contributed by atoms with Gasteiger partial charge in [0, 0.05) is 17.0 Å². The second kappa shape index (κ2) is 7.76. The number of fused-ring (bicyclic) bond motifs is 1. The summed E-state index contributed by atoms with van der Waals surface area (Å²) in [6.45, 7) is 0.879.